The molecule has 0 aliphatic rings. The highest BCUT2D eigenvalue weighted by Gasteiger charge is 2.25. The Morgan fingerprint density at radius 1 is 0.586 bits per heavy atom. The molecule has 0 aliphatic heterocycles. The summed E-state index contributed by atoms with van der Waals surface area (Å²) in [5, 5.41) is 9.72. The summed E-state index contributed by atoms with van der Waals surface area (Å²) in [6, 6.07) is 0. The zero-order valence-electron chi connectivity index (χ0n) is 35.8. The van der Waals surface area contributed by atoms with Crippen molar-refractivity contribution in [3.63, 3.8) is 0 Å². The van der Waals surface area contributed by atoms with Gasteiger partial charge in [-0.1, -0.05) is 137 Å². The minimum atomic E-state index is -4.41. The van der Waals surface area contributed by atoms with Crippen molar-refractivity contribution in [1.82, 2.24) is 0 Å². The maximum Gasteiger partial charge on any atom is 0.472 e. The van der Waals surface area contributed by atoms with Gasteiger partial charge in [-0.3, -0.25) is 18.6 Å². The first-order chi connectivity index (χ1) is 28.2. The van der Waals surface area contributed by atoms with Crippen LogP contribution in [0.1, 0.15) is 149 Å². The summed E-state index contributed by atoms with van der Waals surface area (Å²) in [6.07, 6.45) is 50.7. The Morgan fingerprint density at radius 3 is 1.59 bits per heavy atom. The molecule has 0 aliphatic carbocycles. The fourth-order valence-corrected chi connectivity index (χ4v) is 6.04. The van der Waals surface area contributed by atoms with Gasteiger partial charge in [0.15, 0.2) is 6.10 Å². The fourth-order valence-electron chi connectivity index (χ4n) is 5.27. The normalized spacial score (nSPS) is 14.8. The molecule has 2 unspecified atom stereocenters. The number of esters is 2. The number of aliphatic hydroxyl groups excluding tert-OH is 1. The van der Waals surface area contributed by atoms with E-state index in [9.17, 15) is 24.2 Å². The third-order valence-electron chi connectivity index (χ3n) is 8.50. The Hall–Kier alpha value is -3.11. The minimum absolute atomic E-state index is 0.0292. The summed E-state index contributed by atoms with van der Waals surface area (Å²) in [5.74, 6) is -0.961. The average molecular weight is 832 g/mol. The quantitative estimate of drug-likeness (QED) is 0.0236. The average Bonchev–Trinajstić information content (AvgIpc) is 3.20. The summed E-state index contributed by atoms with van der Waals surface area (Å²) >= 11 is 0. The van der Waals surface area contributed by atoms with Gasteiger partial charge in [0.1, 0.15) is 6.61 Å². The van der Waals surface area contributed by atoms with Gasteiger partial charge in [0.05, 0.1) is 19.3 Å². The first-order valence-corrected chi connectivity index (χ1v) is 23.3. The number of rotatable bonds is 39. The van der Waals surface area contributed by atoms with Gasteiger partial charge in [-0.05, 0) is 96.3 Å². The van der Waals surface area contributed by atoms with Crippen LogP contribution in [0.5, 0.6) is 0 Å². The van der Waals surface area contributed by atoms with Crippen molar-refractivity contribution in [2.24, 2.45) is 5.73 Å². The summed E-state index contributed by atoms with van der Waals surface area (Å²) in [6.45, 7) is 3.36. The van der Waals surface area contributed by atoms with Crippen molar-refractivity contribution in [3.8, 4) is 0 Å². The second-order valence-corrected chi connectivity index (χ2v) is 15.5. The molecule has 11 heteroatoms. The maximum absolute atomic E-state index is 12.6. The van der Waals surface area contributed by atoms with Gasteiger partial charge in [0.25, 0.3) is 0 Å². The number of ether oxygens (including phenoxy) is 2. The molecule has 0 fully saturated rings. The van der Waals surface area contributed by atoms with Gasteiger partial charge in [-0.15, -0.1) is 0 Å². The van der Waals surface area contributed by atoms with E-state index in [0.717, 1.165) is 70.6 Å². The summed E-state index contributed by atoms with van der Waals surface area (Å²) in [4.78, 5) is 34.9. The number of nitrogens with two attached hydrogens (primary N) is 1. The maximum atomic E-state index is 12.6. The van der Waals surface area contributed by atoms with E-state index in [2.05, 4.69) is 98.9 Å². The summed E-state index contributed by atoms with van der Waals surface area (Å²) < 4.78 is 32.7. The highest BCUT2D eigenvalue weighted by atomic mass is 31.2. The molecule has 330 valence electrons. The van der Waals surface area contributed by atoms with Crippen molar-refractivity contribution < 1.29 is 42.7 Å². The summed E-state index contributed by atoms with van der Waals surface area (Å²) in [7, 11) is -4.41. The highest BCUT2D eigenvalue weighted by molar-refractivity contribution is 7.47. The Bertz CT molecular complexity index is 1280. The zero-order chi connectivity index (χ0) is 42.6. The first-order valence-electron chi connectivity index (χ1n) is 21.8. The minimum Gasteiger partial charge on any atom is -0.462 e. The molecule has 0 spiro atoms. The van der Waals surface area contributed by atoms with Gasteiger partial charge >= 0.3 is 19.8 Å². The molecule has 0 amide bonds. The molecule has 0 aromatic heterocycles. The van der Waals surface area contributed by atoms with E-state index in [1.807, 2.05) is 12.2 Å². The lowest BCUT2D eigenvalue weighted by atomic mass is 10.1. The van der Waals surface area contributed by atoms with E-state index < -0.39 is 32.5 Å². The van der Waals surface area contributed by atoms with E-state index in [1.165, 1.54) is 25.7 Å². The van der Waals surface area contributed by atoms with Crippen LogP contribution in [0.3, 0.4) is 0 Å². The molecule has 0 heterocycles. The molecule has 0 radical (unpaired) electrons. The molecule has 4 N–H and O–H groups in total. The lowest BCUT2D eigenvalue weighted by Crippen LogP contribution is -2.29. The number of unbranched alkanes of at least 4 members (excludes halogenated alkanes) is 7. The molecular formula is C47H78NO9P. The number of phosphoric ester groups is 1. The second-order valence-electron chi connectivity index (χ2n) is 14.0. The number of allylic oxidation sites excluding steroid dienone is 15. The van der Waals surface area contributed by atoms with Crippen molar-refractivity contribution in [1.29, 1.82) is 0 Å². The molecule has 0 rings (SSSR count). The number of hydrogen-bond donors (Lipinski definition) is 3. The first kappa shape index (κ1) is 54.9. The molecule has 0 bridgehead atoms. The lowest BCUT2D eigenvalue weighted by Gasteiger charge is -2.19. The van der Waals surface area contributed by atoms with Crippen LogP contribution >= 0.6 is 7.82 Å². The lowest BCUT2D eigenvalue weighted by molar-refractivity contribution is -0.161. The van der Waals surface area contributed by atoms with Gasteiger partial charge in [0.2, 0.25) is 0 Å². The van der Waals surface area contributed by atoms with Crippen molar-refractivity contribution in [2.75, 3.05) is 26.4 Å². The van der Waals surface area contributed by atoms with Gasteiger partial charge in [-0.2, -0.15) is 0 Å². The molecule has 58 heavy (non-hydrogen) atoms. The largest absolute Gasteiger partial charge is 0.472 e. The van der Waals surface area contributed by atoms with E-state index >= 15 is 0 Å². The smallest absolute Gasteiger partial charge is 0.462 e. The molecular weight excluding hydrogens is 753 g/mol. The zero-order valence-corrected chi connectivity index (χ0v) is 36.7. The van der Waals surface area contributed by atoms with Crippen LogP contribution in [-0.2, 0) is 32.7 Å². The third-order valence-corrected chi connectivity index (χ3v) is 9.48. The van der Waals surface area contributed by atoms with Gasteiger partial charge in [-0.25, -0.2) is 4.57 Å². The Labute approximate surface area is 351 Å². The molecule has 0 aromatic carbocycles. The van der Waals surface area contributed by atoms with E-state index in [4.69, 9.17) is 24.3 Å². The van der Waals surface area contributed by atoms with Crippen LogP contribution in [0.15, 0.2) is 97.2 Å². The molecule has 10 nitrogen and oxygen atoms in total. The predicted molar refractivity (Wildman–Crippen MR) is 239 cm³/mol. The predicted octanol–water partition coefficient (Wildman–Crippen LogP) is 11.6. The van der Waals surface area contributed by atoms with Gasteiger partial charge < -0.3 is 25.2 Å². The Kier molecular flexibility index (Phi) is 39.8. The molecule has 3 atom stereocenters. The third kappa shape index (κ3) is 41.1. The topological polar surface area (TPSA) is 155 Å². The number of carbonyl (C=O) groups excluding carboxylic acids is 2. The number of aliphatic hydroxyl groups is 1. The second kappa shape index (κ2) is 42.0. The van der Waals surface area contributed by atoms with Crippen LogP contribution in [0, 0.1) is 0 Å². The van der Waals surface area contributed by atoms with E-state index in [1.54, 1.807) is 0 Å². The number of hydrogen-bond acceptors (Lipinski definition) is 9. The standard InChI is InChI=1S/C47H78NO9P/c1-3-5-6-7-8-9-10-11-12-13-14-15-16-19-23-26-29-32-35-39-47(51)57-45(43-56-58(52,53)55-41-40-48)42-54-46(50)38-34-31-28-25-22-20-17-18-21-24-27-30-33-37-44(49)36-4-2/h8-9,11-12,14-15,17,19-21,23-25,28,30,33,44-45,49H,3-7,10,13,16,18,22,26-27,29,31-32,34-43,48H2,1-2H3,(H,52,53)/b9-8-,12-11-,15-14-,20-17-,23-19-,24-21-,28-25-,33-30-/t44?,45-/m1/s1. The van der Waals surface area contributed by atoms with Crippen LogP contribution in [0.4, 0.5) is 0 Å². The fraction of sp³-hybridized carbons (Fsp3) is 0.617. The van der Waals surface area contributed by atoms with Gasteiger partial charge in [0, 0.05) is 19.4 Å². The van der Waals surface area contributed by atoms with Crippen molar-refractivity contribution in [3.05, 3.63) is 97.2 Å². The van der Waals surface area contributed by atoms with Crippen LogP contribution in [0.2, 0.25) is 0 Å². The van der Waals surface area contributed by atoms with Crippen molar-refractivity contribution >= 4 is 19.8 Å². The van der Waals surface area contributed by atoms with Crippen LogP contribution in [0.25, 0.3) is 0 Å². The van der Waals surface area contributed by atoms with E-state index in [-0.39, 0.29) is 38.7 Å². The van der Waals surface area contributed by atoms with Crippen molar-refractivity contribution in [2.45, 2.75) is 161 Å². The Balaban J connectivity index is 4.36. The number of carbonyl (C=O) groups is 2. The highest BCUT2D eigenvalue weighted by Crippen LogP contribution is 2.43. The monoisotopic (exact) mass is 832 g/mol. The van der Waals surface area contributed by atoms with Crippen LogP contribution in [-0.4, -0.2) is 60.5 Å². The molecule has 0 saturated heterocycles. The molecule has 0 aromatic rings. The SMILES string of the molecule is CCCCC/C=C\C/C=C\C/C=C\C/C=C\CCCCCC(=O)O[C@H](COC(=O)CCC/C=C\C/C=C\C/C=C\C/C=C\CC(O)CCC)COP(=O)(O)OCCN. The summed E-state index contributed by atoms with van der Waals surface area (Å²) in [5.41, 5.74) is 5.34. The van der Waals surface area contributed by atoms with E-state index in [0.29, 0.717) is 25.7 Å². The molecule has 0 saturated carbocycles. The van der Waals surface area contributed by atoms with Crippen LogP contribution < -0.4 is 5.73 Å². The number of phosphoric acid groups is 1. The Morgan fingerprint density at radius 2 is 1.07 bits per heavy atom.